The maximum atomic E-state index is 12.4. The summed E-state index contributed by atoms with van der Waals surface area (Å²) in [6.07, 6.45) is 4.58. The van der Waals surface area contributed by atoms with Gasteiger partial charge < -0.3 is 0 Å². The Morgan fingerprint density at radius 3 is 2.81 bits per heavy atom. The van der Waals surface area contributed by atoms with Crippen LogP contribution in [0, 0.1) is 16.7 Å². The zero-order valence-electron chi connectivity index (χ0n) is 15.5. The zero-order chi connectivity index (χ0) is 18.5. The number of aromatic nitrogens is 2. The summed E-state index contributed by atoms with van der Waals surface area (Å²) >= 11 is 0. The second-order valence-corrected chi connectivity index (χ2v) is 8.27. The molecule has 0 saturated heterocycles. The van der Waals surface area contributed by atoms with Gasteiger partial charge in [0.1, 0.15) is 6.54 Å². The molecule has 1 N–H and O–H groups in total. The third kappa shape index (κ3) is 2.39. The molecule has 2 atom stereocenters. The molecule has 2 fully saturated rings. The van der Waals surface area contributed by atoms with E-state index in [-0.39, 0.29) is 28.7 Å². The Bertz CT molecular complexity index is 975. The summed E-state index contributed by atoms with van der Waals surface area (Å²) in [7, 11) is 0. The summed E-state index contributed by atoms with van der Waals surface area (Å²) in [6.45, 7) is 6.92. The predicted molar refractivity (Wildman–Crippen MR) is 101 cm³/mol. The molecule has 136 valence electrons. The van der Waals surface area contributed by atoms with Gasteiger partial charge in [-0.25, -0.2) is 5.43 Å². The van der Waals surface area contributed by atoms with E-state index in [9.17, 15) is 9.59 Å². The summed E-state index contributed by atoms with van der Waals surface area (Å²) < 4.78 is 1.54. The number of carbonyl (C=O) groups excluding carboxylic acids is 1. The Labute approximate surface area is 152 Å². The molecule has 0 radical (unpaired) electrons. The van der Waals surface area contributed by atoms with Gasteiger partial charge in [0.15, 0.2) is 0 Å². The van der Waals surface area contributed by atoms with Crippen LogP contribution in [0.1, 0.15) is 40.0 Å². The minimum Gasteiger partial charge on any atom is -0.287 e. The first-order chi connectivity index (χ1) is 12.3. The molecule has 0 unspecified atom stereocenters. The van der Waals surface area contributed by atoms with E-state index in [1.807, 2.05) is 6.07 Å². The molecule has 26 heavy (non-hydrogen) atoms. The summed E-state index contributed by atoms with van der Waals surface area (Å²) in [5, 5.41) is 9.14. The summed E-state index contributed by atoms with van der Waals surface area (Å²) in [5.74, 6) is 0.413. The molecule has 1 aromatic heterocycles. The van der Waals surface area contributed by atoms with Crippen LogP contribution >= 0.6 is 0 Å². The largest absolute Gasteiger partial charge is 0.287 e. The molecule has 2 aliphatic carbocycles. The van der Waals surface area contributed by atoms with Gasteiger partial charge in [-0.2, -0.15) is 10.2 Å². The molecule has 1 aromatic carbocycles. The fourth-order valence-electron chi connectivity index (χ4n) is 4.69. The van der Waals surface area contributed by atoms with E-state index in [1.165, 1.54) is 12.6 Å². The van der Waals surface area contributed by atoms with Crippen molar-refractivity contribution in [3.05, 3.63) is 40.7 Å². The fourth-order valence-corrected chi connectivity index (χ4v) is 4.69. The summed E-state index contributed by atoms with van der Waals surface area (Å²) in [5.41, 5.74) is 4.61. The number of hydrazone groups is 1. The van der Waals surface area contributed by atoms with Gasteiger partial charge >= 0.3 is 0 Å². The van der Waals surface area contributed by atoms with Crippen molar-refractivity contribution < 1.29 is 4.79 Å². The number of hydrogen-bond acceptors (Lipinski definition) is 4. The smallest absolute Gasteiger partial charge is 0.261 e. The standard InChI is InChI=1S/C20H24N4O2/c1-19(2)13-8-9-20(19,3)17(10-13)22-23-18(26)12-24-15-7-5-4-6-14(15)16(25)11-21-24/h4-7,11,13H,8-10,12H2,1-3H3,(H,23,26)/b22-17+/t13-,20-/m0/s1. The van der Waals surface area contributed by atoms with Gasteiger partial charge in [-0.3, -0.25) is 14.3 Å². The Balaban J connectivity index is 1.53. The average molecular weight is 352 g/mol. The van der Waals surface area contributed by atoms with Crippen LogP contribution < -0.4 is 10.9 Å². The molecule has 2 aliphatic rings. The van der Waals surface area contributed by atoms with E-state index in [4.69, 9.17) is 0 Å². The van der Waals surface area contributed by atoms with Crippen molar-refractivity contribution in [3.8, 4) is 0 Å². The number of nitrogens with zero attached hydrogens (tertiary/aromatic N) is 3. The molecular formula is C20H24N4O2. The SMILES string of the molecule is CC1(C)[C@H]2CC[C@@]1(C)/C(=N/NC(=O)Cn1ncc(=O)c3ccccc31)C2. The topological polar surface area (TPSA) is 76.3 Å². The molecular weight excluding hydrogens is 328 g/mol. The third-order valence-electron chi connectivity index (χ3n) is 6.88. The second-order valence-electron chi connectivity index (χ2n) is 8.27. The minimum absolute atomic E-state index is 0.0289. The molecule has 2 aromatic rings. The van der Waals surface area contributed by atoms with Crippen LogP contribution in [0.15, 0.2) is 40.4 Å². The number of fused-ring (bicyclic) bond motifs is 3. The molecule has 0 aliphatic heterocycles. The number of nitrogens with one attached hydrogen (secondary N) is 1. The molecule has 2 bridgehead atoms. The number of carbonyl (C=O) groups is 1. The Kier molecular flexibility index (Phi) is 3.75. The van der Waals surface area contributed by atoms with Crippen molar-refractivity contribution in [2.75, 3.05) is 0 Å². The monoisotopic (exact) mass is 352 g/mol. The van der Waals surface area contributed by atoms with Crippen LogP contribution in [0.5, 0.6) is 0 Å². The summed E-state index contributed by atoms with van der Waals surface area (Å²) in [6, 6.07) is 7.17. The van der Waals surface area contributed by atoms with Crippen LogP contribution in [0.4, 0.5) is 0 Å². The van der Waals surface area contributed by atoms with Gasteiger partial charge in [-0.05, 0) is 42.7 Å². The van der Waals surface area contributed by atoms with Crippen molar-refractivity contribution in [3.63, 3.8) is 0 Å². The van der Waals surface area contributed by atoms with Crippen molar-refractivity contribution >= 4 is 22.5 Å². The lowest BCUT2D eigenvalue weighted by Crippen LogP contribution is -2.34. The van der Waals surface area contributed by atoms with Crippen LogP contribution in [-0.4, -0.2) is 21.4 Å². The highest BCUT2D eigenvalue weighted by Crippen LogP contribution is 2.63. The maximum absolute atomic E-state index is 12.4. The highest BCUT2D eigenvalue weighted by molar-refractivity contribution is 5.95. The Hall–Kier alpha value is -2.50. The van der Waals surface area contributed by atoms with Gasteiger partial charge in [0.25, 0.3) is 5.91 Å². The van der Waals surface area contributed by atoms with Gasteiger partial charge in [0.2, 0.25) is 5.43 Å². The molecule has 4 rings (SSSR count). The van der Waals surface area contributed by atoms with Gasteiger partial charge in [0.05, 0.1) is 11.7 Å². The van der Waals surface area contributed by atoms with Gasteiger partial charge in [0, 0.05) is 16.5 Å². The molecule has 6 heteroatoms. The van der Waals surface area contributed by atoms with Crippen LogP contribution in [0.2, 0.25) is 0 Å². The van der Waals surface area contributed by atoms with E-state index in [1.54, 1.807) is 22.9 Å². The predicted octanol–water partition coefficient (Wildman–Crippen LogP) is 2.71. The first kappa shape index (κ1) is 16.9. The second kappa shape index (κ2) is 5.76. The highest BCUT2D eigenvalue weighted by Gasteiger charge is 2.59. The first-order valence-corrected chi connectivity index (χ1v) is 9.14. The molecule has 2 saturated carbocycles. The van der Waals surface area contributed by atoms with Crippen molar-refractivity contribution in [1.82, 2.24) is 15.2 Å². The lowest BCUT2D eigenvalue weighted by atomic mass is 9.70. The van der Waals surface area contributed by atoms with Crippen molar-refractivity contribution in [2.24, 2.45) is 21.8 Å². The van der Waals surface area contributed by atoms with Crippen LogP contribution in [0.25, 0.3) is 10.9 Å². The number of amides is 1. The fraction of sp³-hybridized carbons (Fsp3) is 0.500. The molecule has 0 spiro atoms. The van der Waals surface area contributed by atoms with Crippen LogP contribution in [-0.2, 0) is 11.3 Å². The number of para-hydroxylation sites is 1. The van der Waals surface area contributed by atoms with Gasteiger partial charge in [-0.15, -0.1) is 0 Å². The zero-order valence-corrected chi connectivity index (χ0v) is 15.5. The highest BCUT2D eigenvalue weighted by atomic mass is 16.2. The van der Waals surface area contributed by atoms with E-state index in [2.05, 4.69) is 36.4 Å². The van der Waals surface area contributed by atoms with Crippen molar-refractivity contribution in [2.45, 2.75) is 46.6 Å². The molecule has 6 nitrogen and oxygen atoms in total. The molecule has 1 heterocycles. The quantitative estimate of drug-likeness (QED) is 0.863. The Morgan fingerprint density at radius 2 is 2.12 bits per heavy atom. The molecule has 1 amide bonds. The number of benzene rings is 1. The van der Waals surface area contributed by atoms with Gasteiger partial charge in [-0.1, -0.05) is 32.9 Å². The van der Waals surface area contributed by atoms with Crippen LogP contribution in [0.3, 0.4) is 0 Å². The van der Waals surface area contributed by atoms with E-state index >= 15 is 0 Å². The number of rotatable bonds is 3. The summed E-state index contributed by atoms with van der Waals surface area (Å²) in [4.78, 5) is 24.3. The van der Waals surface area contributed by atoms with E-state index in [0.717, 1.165) is 18.6 Å². The average Bonchev–Trinajstić information content (AvgIpc) is 2.96. The normalized spacial score (nSPS) is 28.0. The first-order valence-electron chi connectivity index (χ1n) is 9.14. The van der Waals surface area contributed by atoms with E-state index in [0.29, 0.717) is 16.8 Å². The Morgan fingerprint density at radius 1 is 1.35 bits per heavy atom. The number of hydrogen-bond donors (Lipinski definition) is 1. The van der Waals surface area contributed by atoms with Crippen molar-refractivity contribution in [1.29, 1.82) is 0 Å². The third-order valence-corrected chi connectivity index (χ3v) is 6.88. The lowest BCUT2D eigenvalue weighted by Gasteiger charge is -2.34. The lowest BCUT2D eigenvalue weighted by molar-refractivity contribution is -0.121. The maximum Gasteiger partial charge on any atom is 0.261 e. The minimum atomic E-state index is -0.233. The van der Waals surface area contributed by atoms with E-state index < -0.39 is 0 Å².